The summed E-state index contributed by atoms with van der Waals surface area (Å²) in [6, 6.07) is 11.5. The third kappa shape index (κ3) is 5.17. The Bertz CT molecular complexity index is 869. The van der Waals surface area contributed by atoms with Crippen molar-refractivity contribution in [1.82, 2.24) is 10.6 Å². The predicted molar refractivity (Wildman–Crippen MR) is 104 cm³/mol. The van der Waals surface area contributed by atoms with Gasteiger partial charge in [-0.15, -0.1) is 0 Å². The predicted octanol–water partition coefficient (Wildman–Crippen LogP) is 1.97. The first-order valence-electron chi connectivity index (χ1n) is 8.74. The molecule has 0 amide bonds. The van der Waals surface area contributed by atoms with E-state index in [1.807, 2.05) is 6.92 Å². The fourth-order valence-electron chi connectivity index (χ4n) is 2.68. The number of nitrogens with zero attached hydrogens (tertiary/aromatic N) is 2. The quantitative estimate of drug-likeness (QED) is 0.605. The van der Waals surface area contributed by atoms with Gasteiger partial charge in [0.05, 0.1) is 12.6 Å². The topological polar surface area (TPSA) is 110 Å². The van der Waals surface area contributed by atoms with Crippen molar-refractivity contribution in [2.45, 2.75) is 25.2 Å². The third-order valence-electron chi connectivity index (χ3n) is 4.14. The molecule has 1 unspecified atom stereocenters. The lowest BCUT2D eigenvalue weighted by Gasteiger charge is -2.33. The van der Waals surface area contributed by atoms with Gasteiger partial charge in [0.2, 0.25) is 5.96 Å². The lowest BCUT2D eigenvalue weighted by Crippen LogP contribution is -2.65. The van der Waals surface area contributed by atoms with Gasteiger partial charge in [-0.2, -0.15) is 0 Å². The normalized spacial score (nSPS) is 21.4. The highest BCUT2D eigenvalue weighted by molar-refractivity contribution is 6.00. The van der Waals surface area contributed by atoms with Crippen molar-refractivity contribution in [3.63, 3.8) is 0 Å². The number of nitrogens with one attached hydrogen (secondary N) is 2. The molecule has 9 heteroatoms. The summed E-state index contributed by atoms with van der Waals surface area (Å²) >= 11 is 0. The molecule has 0 fully saturated rings. The zero-order valence-electron chi connectivity index (χ0n) is 15.3. The Hall–Kier alpha value is -3.20. The van der Waals surface area contributed by atoms with Crippen LogP contribution in [-0.2, 0) is 0 Å². The Morgan fingerprint density at radius 2 is 1.71 bits per heavy atom. The molecule has 0 aliphatic carbocycles. The zero-order chi connectivity index (χ0) is 20.1. The van der Waals surface area contributed by atoms with Gasteiger partial charge >= 0.3 is 0 Å². The molecule has 2 aromatic carbocycles. The average Bonchev–Trinajstić information content (AvgIpc) is 2.63. The molecule has 0 saturated carbocycles. The average molecular weight is 388 g/mol. The van der Waals surface area contributed by atoms with Gasteiger partial charge in [0, 0.05) is 6.42 Å². The first-order chi connectivity index (χ1) is 13.3. The van der Waals surface area contributed by atoms with Crippen LogP contribution in [0.15, 0.2) is 58.5 Å². The minimum atomic E-state index is -1.21. The van der Waals surface area contributed by atoms with Crippen molar-refractivity contribution in [3.05, 3.63) is 65.7 Å². The lowest BCUT2D eigenvalue weighted by molar-refractivity contribution is 0.247. The Morgan fingerprint density at radius 3 is 2.36 bits per heavy atom. The maximum absolute atomic E-state index is 13.1. The molecule has 0 aromatic heterocycles. The van der Waals surface area contributed by atoms with E-state index in [-0.39, 0.29) is 36.7 Å². The highest BCUT2D eigenvalue weighted by Crippen LogP contribution is 2.18. The molecule has 1 heterocycles. The van der Waals surface area contributed by atoms with Crippen molar-refractivity contribution < 1.29 is 13.5 Å². The molecule has 7 nitrogen and oxygen atoms in total. The van der Waals surface area contributed by atoms with Gasteiger partial charge in [0.25, 0.3) is 0 Å². The van der Waals surface area contributed by atoms with Gasteiger partial charge < -0.3 is 15.8 Å². The summed E-state index contributed by atoms with van der Waals surface area (Å²) in [6.45, 7) is 2.09. The van der Waals surface area contributed by atoms with Gasteiger partial charge in [0.15, 0.2) is 11.7 Å². The first-order valence-corrected chi connectivity index (χ1v) is 8.74. The number of aliphatic imine (C=N–C) groups is 2. The molecule has 1 aliphatic rings. The lowest BCUT2D eigenvalue weighted by atomic mass is 10.1. The van der Waals surface area contributed by atoms with Gasteiger partial charge in [-0.25, -0.2) is 18.8 Å². The van der Waals surface area contributed by atoms with Crippen molar-refractivity contribution >= 4 is 11.9 Å². The highest BCUT2D eigenvalue weighted by atomic mass is 19.1. The molecule has 28 heavy (non-hydrogen) atoms. The van der Waals surface area contributed by atoms with Crippen LogP contribution < -0.4 is 26.8 Å². The molecule has 2 atom stereocenters. The molecular weight excluding hydrogens is 366 g/mol. The van der Waals surface area contributed by atoms with E-state index < -0.39 is 5.79 Å². The minimum Gasteiger partial charge on any atom is -0.493 e. The van der Waals surface area contributed by atoms with Crippen LogP contribution in [0.2, 0.25) is 0 Å². The molecule has 0 bridgehead atoms. The molecule has 6 N–H and O–H groups in total. The van der Waals surface area contributed by atoms with E-state index in [0.717, 1.165) is 5.56 Å². The number of hydrogen-bond donors (Lipinski definition) is 4. The summed E-state index contributed by atoms with van der Waals surface area (Å²) in [6.07, 6.45) is 0.288. The van der Waals surface area contributed by atoms with Gasteiger partial charge in [-0.05, 0) is 48.9 Å². The summed E-state index contributed by atoms with van der Waals surface area (Å²) in [5.41, 5.74) is 12.9. The Labute approximate surface area is 161 Å². The molecule has 148 valence electrons. The number of benzene rings is 2. The first kappa shape index (κ1) is 19.6. The summed E-state index contributed by atoms with van der Waals surface area (Å²) < 4.78 is 31.6. The molecule has 0 saturated heterocycles. The molecule has 1 aliphatic heterocycles. The summed E-state index contributed by atoms with van der Waals surface area (Å²) in [5.74, 6) is -0.861. The molecule has 0 radical (unpaired) electrons. The third-order valence-corrected chi connectivity index (χ3v) is 4.14. The van der Waals surface area contributed by atoms with Crippen LogP contribution in [0.5, 0.6) is 5.75 Å². The number of nitrogens with two attached hydrogens (primary N) is 2. The summed E-state index contributed by atoms with van der Waals surface area (Å²) in [4.78, 5) is 8.69. The van der Waals surface area contributed by atoms with Crippen LogP contribution in [0, 0.1) is 11.6 Å². The molecular formula is C19H22F2N6O. The Balaban J connectivity index is 1.64. The second-order valence-electron chi connectivity index (χ2n) is 6.43. The van der Waals surface area contributed by atoms with Crippen molar-refractivity contribution in [3.8, 4) is 5.75 Å². The van der Waals surface area contributed by atoms with Crippen LogP contribution in [-0.4, -0.2) is 24.3 Å². The van der Waals surface area contributed by atoms with E-state index in [4.69, 9.17) is 16.2 Å². The number of rotatable bonds is 6. The van der Waals surface area contributed by atoms with Crippen LogP contribution in [0.3, 0.4) is 0 Å². The molecule has 2 aromatic rings. The highest BCUT2D eigenvalue weighted by Gasteiger charge is 2.30. The smallest absolute Gasteiger partial charge is 0.201 e. The van der Waals surface area contributed by atoms with E-state index in [2.05, 4.69) is 20.6 Å². The Morgan fingerprint density at radius 1 is 1.11 bits per heavy atom. The van der Waals surface area contributed by atoms with Gasteiger partial charge in [0.1, 0.15) is 17.4 Å². The van der Waals surface area contributed by atoms with E-state index in [0.29, 0.717) is 11.7 Å². The minimum absolute atomic E-state index is 0.119. The van der Waals surface area contributed by atoms with E-state index in [1.165, 1.54) is 36.4 Å². The van der Waals surface area contributed by atoms with E-state index in [9.17, 15) is 8.78 Å². The van der Waals surface area contributed by atoms with E-state index in [1.54, 1.807) is 12.1 Å². The zero-order valence-corrected chi connectivity index (χ0v) is 15.3. The summed E-state index contributed by atoms with van der Waals surface area (Å²) in [5, 5.41) is 5.83. The monoisotopic (exact) mass is 388 g/mol. The maximum Gasteiger partial charge on any atom is 0.201 e. The SMILES string of the molecule is C[C@@H](N=C1NC(N)=NC(N)(CCOc2ccc(F)cc2)N1)c1ccc(F)cc1. The molecule has 3 rings (SSSR count). The maximum atomic E-state index is 13.1. The number of guanidine groups is 2. The second-order valence-corrected chi connectivity index (χ2v) is 6.43. The van der Waals surface area contributed by atoms with Gasteiger partial charge in [-0.3, -0.25) is 11.1 Å². The number of halogens is 2. The standard InChI is InChI=1S/C19H22F2N6O/c1-12(13-2-4-14(20)5-3-13)24-18-25-17(22)26-19(23,27-18)10-11-28-16-8-6-15(21)7-9-16/h2-9,12H,10-11,23H2,1H3,(H4,22,24,25,26,27)/t12-,19?/m1/s1. The fraction of sp³-hybridized carbons (Fsp3) is 0.263. The van der Waals surface area contributed by atoms with Crippen LogP contribution in [0.1, 0.15) is 24.9 Å². The van der Waals surface area contributed by atoms with Crippen LogP contribution >= 0.6 is 0 Å². The van der Waals surface area contributed by atoms with E-state index >= 15 is 0 Å². The largest absolute Gasteiger partial charge is 0.493 e. The van der Waals surface area contributed by atoms with Crippen molar-refractivity contribution in [2.24, 2.45) is 21.5 Å². The second kappa shape index (κ2) is 8.22. The molecule has 0 spiro atoms. The number of ether oxygens (including phenoxy) is 1. The van der Waals surface area contributed by atoms with Crippen molar-refractivity contribution in [2.75, 3.05) is 6.61 Å². The Kier molecular flexibility index (Phi) is 5.74. The number of hydrogen-bond acceptors (Lipinski definition) is 5. The van der Waals surface area contributed by atoms with Gasteiger partial charge in [-0.1, -0.05) is 12.1 Å². The van der Waals surface area contributed by atoms with Crippen molar-refractivity contribution in [1.29, 1.82) is 0 Å². The fourth-order valence-corrected chi connectivity index (χ4v) is 2.68. The van der Waals surface area contributed by atoms with Crippen LogP contribution in [0.4, 0.5) is 8.78 Å². The summed E-state index contributed by atoms with van der Waals surface area (Å²) in [7, 11) is 0. The van der Waals surface area contributed by atoms with Crippen LogP contribution in [0.25, 0.3) is 0 Å².